The summed E-state index contributed by atoms with van der Waals surface area (Å²) in [6, 6.07) is 13.0. The maximum absolute atomic E-state index is 12.7. The number of anilines is 1. The van der Waals surface area contributed by atoms with Gasteiger partial charge < -0.3 is 15.1 Å². The molecule has 1 amide bonds. The van der Waals surface area contributed by atoms with Crippen LogP contribution in [0.4, 0.5) is 18.9 Å². The Bertz CT molecular complexity index is 914. The van der Waals surface area contributed by atoms with E-state index in [9.17, 15) is 18.0 Å². The molecule has 0 unspecified atom stereocenters. The molecule has 0 bridgehead atoms. The predicted octanol–water partition coefficient (Wildman–Crippen LogP) is 6.04. The molecule has 34 heavy (non-hydrogen) atoms. The Kier molecular flexibility index (Phi) is 8.27. The lowest BCUT2D eigenvalue weighted by Gasteiger charge is -2.40. The summed E-state index contributed by atoms with van der Waals surface area (Å²) in [5, 5.41) is 2.92. The van der Waals surface area contributed by atoms with Gasteiger partial charge in [0, 0.05) is 18.2 Å². The van der Waals surface area contributed by atoms with Gasteiger partial charge in [0.15, 0.2) is 0 Å². The van der Waals surface area contributed by atoms with Gasteiger partial charge >= 0.3 is 6.18 Å². The number of alkyl halides is 3. The summed E-state index contributed by atoms with van der Waals surface area (Å²) in [7, 11) is 0. The van der Waals surface area contributed by atoms with Crippen LogP contribution in [-0.2, 0) is 11.0 Å². The molecule has 0 saturated carbocycles. The summed E-state index contributed by atoms with van der Waals surface area (Å²) in [6.45, 7) is 5.71. The van der Waals surface area contributed by atoms with E-state index in [1.807, 2.05) is 12.1 Å². The molecule has 4 rings (SSSR count). The molecular weight excluding hydrogens is 439 g/mol. The maximum Gasteiger partial charge on any atom is 0.416 e. The number of likely N-dealkylation sites (tertiary alicyclic amines) is 2. The van der Waals surface area contributed by atoms with E-state index >= 15 is 0 Å². The van der Waals surface area contributed by atoms with Crippen LogP contribution in [0.25, 0.3) is 11.1 Å². The number of hydrogen-bond donors (Lipinski definition) is 1. The summed E-state index contributed by atoms with van der Waals surface area (Å²) < 4.78 is 38.2. The molecule has 0 atom stereocenters. The standard InChI is InChI=1S/C27H34F3N3O/c28-27(29,30)23-10-6-21(7-11-23)22-8-12-24(13-9-22)31-26(34)5-4-16-32-19-14-25(15-20-32)33-17-2-1-3-18-33/h6-13,25H,1-5,14-20H2,(H,31,34). The Hall–Kier alpha value is -2.38. The van der Waals surface area contributed by atoms with Gasteiger partial charge in [-0.15, -0.1) is 0 Å². The Labute approximate surface area is 200 Å². The normalized spacial score (nSPS) is 18.7. The fourth-order valence-electron chi connectivity index (χ4n) is 5.08. The summed E-state index contributed by atoms with van der Waals surface area (Å²) >= 11 is 0. The monoisotopic (exact) mass is 473 g/mol. The fourth-order valence-corrected chi connectivity index (χ4v) is 5.08. The van der Waals surface area contributed by atoms with E-state index in [1.165, 1.54) is 57.3 Å². The average Bonchev–Trinajstić information content (AvgIpc) is 2.85. The van der Waals surface area contributed by atoms with Gasteiger partial charge in [-0.05, 0) is 100 Å². The Morgan fingerprint density at radius 1 is 0.853 bits per heavy atom. The van der Waals surface area contributed by atoms with Gasteiger partial charge in [0.25, 0.3) is 0 Å². The third kappa shape index (κ3) is 6.83. The minimum Gasteiger partial charge on any atom is -0.326 e. The quantitative estimate of drug-likeness (QED) is 0.532. The molecule has 1 N–H and O–H groups in total. The Balaban J connectivity index is 1.17. The van der Waals surface area contributed by atoms with Gasteiger partial charge in [0.1, 0.15) is 0 Å². The first-order valence-corrected chi connectivity index (χ1v) is 12.4. The molecule has 4 nitrogen and oxygen atoms in total. The molecule has 0 spiro atoms. The Morgan fingerprint density at radius 3 is 2.03 bits per heavy atom. The Morgan fingerprint density at radius 2 is 1.44 bits per heavy atom. The number of carbonyl (C=O) groups is 1. The zero-order chi connectivity index (χ0) is 24.0. The lowest BCUT2D eigenvalue weighted by molar-refractivity contribution is -0.137. The van der Waals surface area contributed by atoms with E-state index in [1.54, 1.807) is 12.1 Å². The molecule has 2 aromatic carbocycles. The highest BCUT2D eigenvalue weighted by Gasteiger charge is 2.30. The van der Waals surface area contributed by atoms with Crippen LogP contribution in [0.3, 0.4) is 0 Å². The SMILES string of the molecule is O=C(CCCN1CCC(N2CCCCC2)CC1)Nc1ccc(-c2ccc(C(F)(F)F)cc2)cc1. The lowest BCUT2D eigenvalue weighted by atomic mass is 10.00. The number of amides is 1. The van der Waals surface area contributed by atoms with E-state index in [0.29, 0.717) is 17.7 Å². The van der Waals surface area contributed by atoms with Crippen molar-refractivity contribution in [1.82, 2.24) is 9.80 Å². The van der Waals surface area contributed by atoms with Crippen molar-refractivity contribution >= 4 is 11.6 Å². The van der Waals surface area contributed by atoms with Crippen LogP contribution in [0, 0.1) is 0 Å². The third-order valence-electron chi connectivity index (χ3n) is 7.06. The highest BCUT2D eigenvalue weighted by molar-refractivity contribution is 5.91. The molecule has 0 aliphatic carbocycles. The summed E-state index contributed by atoms with van der Waals surface area (Å²) in [5.74, 6) is -0.00881. The highest BCUT2D eigenvalue weighted by atomic mass is 19.4. The number of nitrogens with one attached hydrogen (secondary N) is 1. The summed E-state index contributed by atoms with van der Waals surface area (Å²) in [5.41, 5.74) is 1.55. The van der Waals surface area contributed by atoms with Crippen LogP contribution in [0.15, 0.2) is 48.5 Å². The van der Waals surface area contributed by atoms with Crippen molar-refractivity contribution in [3.8, 4) is 11.1 Å². The first-order chi connectivity index (χ1) is 16.4. The zero-order valence-corrected chi connectivity index (χ0v) is 19.6. The summed E-state index contributed by atoms with van der Waals surface area (Å²) in [6.07, 6.45) is 3.50. The maximum atomic E-state index is 12.7. The van der Waals surface area contributed by atoms with Crippen molar-refractivity contribution < 1.29 is 18.0 Å². The number of benzene rings is 2. The molecule has 2 saturated heterocycles. The second-order valence-electron chi connectivity index (χ2n) is 9.47. The van der Waals surface area contributed by atoms with Crippen molar-refractivity contribution in [2.75, 3.05) is 38.0 Å². The number of nitrogens with zero attached hydrogens (tertiary/aromatic N) is 2. The van der Waals surface area contributed by atoms with E-state index < -0.39 is 11.7 Å². The topological polar surface area (TPSA) is 35.6 Å². The number of carbonyl (C=O) groups excluding carboxylic acids is 1. The van der Waals surface area contributed by atoms with Crippen LogP contribution in [0.2, 0.25) is 0 Å². The van der Waals surface area contributed by atoms with E-state index in [0.717, 1.165) is 49.8 Å². The molecule has 7 heteroatoms. The van der Waals surface area contributed by atoms with Crippen LogP contribution in [-0.4, -0.2) is 54.5 Å². The first-order valence-electron chi connectivity index (χ1n) is 12.4. The lowest BCUT2D eigenvalue weighted by Crippen LogP contribution is -2.46. The number of halogens is 3. The minimum atomic E-state index is -4.34. The van der Waals surface area contributed by atoms with Crippen LogP contribution >= 0.6 is 0 Å². The van der Waals surface area contributed by atoms with Gasteiger partial charge in [-0.2, -0.15) is 13.2 Å². The molecule has 184 valence electrons. The predicted molar refractivity (Wildman–Crippen MR) is 130 cm³/mol. The third-order valence-corrected chi connectivity index (χ3v) is 7.06. The molecular formula is C27H34F3N3O. The van der Waals surface area contributed by atoms with E-state index in [-0.39, 0.29) is 5.91 Å². The largest absolute Gasteiger partial charge is 0.416 e. The smallest absolute Gasteiger partial charge is 0.326 e. The molecule has 2 aliphatic rings. The van der Waals surface area contributed by atoms with Gasteiger partial charge in [-0.1, -0.05) is 30.7 Å². The first kappa shape index (κ1) is 24.7. The van der Waals surface area contributed by atoms with Gasteiger partial charge in [0.2, 0.25) is 5.91 Å². The van der Waals surface area contributed by atoms with Crippen molar-refractivity contribution in [1.29, 1.82) is 0 Å². The van der Waals surface area contributed by atoms with Gasteiger partial charge in [-0.3, -0.25) is 4.79 Å². The molecule has 2 aromatic rings. The minimum absolute atomic E-state index is 0.00881. The molecule has 0 radical (unpaired) electrons. The molecule has 2 aliphatic heterocycles. The second-order valence-corrected chi connectivity index (χ2v) is 9.47. The van der Waals surface area contributed by atoms with E-state index in [2.05, 4.69) is 15.1 Å². The van der Waals surface area contributed by atoms with Crippen molar-refractivity contribution in [3.63, 3.8) is 0 Å². The van der Waals surface area contributed by atoms with Crippen LogP contribution in [0.1, 0.15) is 50.5 Å². The fraction of sp³-hybridized carbons (Fsp3) is 0.519. The number of piperidine rings is 2. The van der Waals surface area contributed by atoms with Crippen molar-refractivity contribution in [2.45, 2.75) is 57.2 Å². The number of rotatable bonds is 7. The van der Waals surface area contributed by atoms with Crippen LogP contribution in [0.5, 0.6) is 0 Å². The van der Waals surface area contributed by atoms with Gasteiger partial charge in [-0.25, -0.2) is 0 Å². The molecule has 0 aromatic heterocycles. The van der Waals surface area contributed by atoms with Crippen LogP contribution < -0.4 is 5.32 Å². The summed E-state index contributed by atoms with van der Waals surface area (Å²) in [4.78, 5) is 17.5. The van der Waals surface area contributed by atoms with Crippen molar-refractivity contribution in [2.24, 2.45) is 0 Å². The molecule has 2 heterocycles. The second kappa shape index (κ2) is 11.4. The van der Waals surface area contributed by atoms with E-state index in [4.69, 9.17) is 0 Å². The average molecular weight is 474 g/mol. The highest BCUT2D eigenvalue weighted by Crippen LogP contribution is 2.31. The zero-order valence-electron chi connectivity index (χ0n) is 19.6. The van der Waals surface area contributed by atoms with Gasteiger partial charge in [0.05, 0.1) is 5.56 Å². The molecule has 2 fully saturated rings. The number of hydrogen-bond acceptors (Lipinski definition) is 3. The van der Waals surface area contributed by atoms with Crippen molar-refractivity contribution in [3.05, 3.63) is 54.1 Å².